The minimum absolute atomic E-state index is 0.200. The molecule has 1 N–H and O–H groups in total. The smallest absolute Gasteiger partial charge is 0.255 e. The Bertz CT molecular complexity index is 889. The number of nitrogens with one attached hydrogen (secondary N) is 1. The second kappa shape index (κ2) is 7.83. The Morgan fingerprint density at radius 2 is 1.69 bits per heavy atom. The maximum Gasteiger partial charge on any atom is 0.255 e. The Hall–Kier alpha value is -3.14. The zero-order valence-corrected chi connectivity index (χ0v) is 14.7. The molecule has 0 heterocycles. The van der Waals surface area contributed by atoms with Crippen molar-refractivity contribution in [1.82, 2.24) is 0 Å². The molecule has 4 heteroatoms. The highest BCUT2D eigenvalue weighted by Crippen LogP contribution is 2.23. The van der Waals surface area contributed by atoms with E-state index in [1.54, 1.807) is 36.4 Å². The van der Waals surface area contributed by atoms with Crippen LogP contribution in [0.2, 0.25) is 0 Å². The highest BCUT2D eigenvalue weighted by Gasteiger charge is 2.11. The molecule has 1 unspecified atom stereocenters. The summed E-state index contributed by atoms with van der Waals surface area (Å²) in [7, 11) is 0. The predicted molar refractivity (Wildman–Crippen MR) is 101 cm³/mol. The lowest BCUT2D eigenvalue weighted by molar-refractivity contribution is 0.102. The van der Waals surface area contributed by atoms with Crippen molar-refractivity contribution in [2.75, 3.05) is 5.32 Å². The van der Waals surface area contributed by atoms with Gasteiger partial charge in [0.15, 0.2) is 0 Å². The van der Waals surface area contributed by atoms with E-state index in [0.29, 0.717) is 11.3 Å². The van der Waals surface area contributed by atoms with Crippen LogP contribution in [-0.4, -0.2) is 5.91 Å². The number of amides is 1. The molecule has 1 amide bonds. The quantitative estimate of drug-likeness (QED) is 0.658. The van der Waals surface area contributed by atoms with E-state index in [-0.39, 0.29) is 17.8 Å². The van der Waals surface area contributed by atoms with Gasteiger partial charge in [-0.2, -0.15) is 0 Å². The van der Waals surface area contributed by atoms with Crippen LogP contribution in [0.1, 0.15) is 34.5 Å². The molecule has 26 heavy (non-hydrogen) atoms. The van der Waals surface area contributed by atoms with Crippen molar-refractivity contribution in [3.63, 3.8) is 0 Å². The Balaban J connectivity index is 1.70. The van der Waals surface area contributed by atoms with Crippen LogP contribution in [0, 0.1) is 12.7 Å². The van der Waals surface area contributed by atoms with Gasteiger partial charge in [-0.25, -0.2) is 4.39 Å². The van der Waals surface area contributed by atoms with Crippen molar-refractivity contribution in [3.8, 4) is 5.75 Å². The number of anilines is 1. The van der Waals surface area contributed by atoms with Gasteiger partial charge in [-0.05, 0) is 61.9 Å². The van der Waals surface area contributed by atoms with Gasteiger partial charge in [-0.1, -0.05) is 35.9 Å². The molecule has 3 aromatic rings. The van der Waals surface area contributed by atoms with E-state index in [1.807, 2.05) is 38.1 Å². The van der Waals surface area contributed by atoms with Crippen LogP contribution in [0.4, 0.5) is 10.1 Å². The normalized spacial score (nSPS) is 11.7. The summed E-state index contributed by atoms with van der Waals surface area (Å²) >= 11 is 0. The Morgan fingerprint density at radius 1 is 1.00 bits per heavy atom. The molecule has 3 nitrogen and oxygen atoms in total. The number of aryl methyl sites for hydroxylation is 1. The SMILES string of the molecule is Cc1ccc(NC(=O)c2cccc(OC(C)c3ccc(F)cc3)c2)cc1. The summed E-state index contributed by atoms with van der Waals surface area (Å²) in [5, 5.41) is 2.87. The molecule has 3 aromatic carbocycles. The van der Waals surface area contributed by atoms with Crippen LogP contribution in [0.15, 0.2) is 72.8 Å². The summed E-state index contributed by atoms with van der Waals surface area (Å²) in [5.74, 6) is 0.0999. The fraction of sp³-hybridized carbons (Fsp3) is 0.136. The highest BCUT2D eigenvalue weighted by molar-refractivity contribution is 6.04. The molecule has 3 rings (SSSR count). The molecule has 1 atom stereocenters. The van der Waals surface area contributed by atoms with Crippen LogP contribution in [0.3, 0.4) is 0 Å². The fourth-order valence-corrected chi connectivity index (χ4v) is 2.56. The van der Waals surface area contributed by atoms with Gasteiger partial charge in [-0.3, -0.25) is 4.79 Å². The van der Waals surface area contributed by atoms with Gasteiger partial charge in [0, 0.05) is 11.3 Å². The Morgan fingerprint density at radius 3 is 2.38 bits per heavy atom. The number of hydrogen-bond donors (Lipinski definition) is 1. The van der Waals surface area contributed by atoms with Crippen molar-refractivity contribution in [2.24, 2.45) is 0 Å². The summed E-state index contributed by atoms with van der Waals surface area (Å²) in [6, 6.07) is 20.8. The second-order valence-electron chi connectivity index (χ2n) is 6.16. The Kier molecular flexibility index (Phi) is 5.32. The minimum Gasteiger partial charge on any atom is -0.486 e. The third-order valence-electron chi connectivity index (χ3n) is 4.06. The third-order valence-corrected chi connectivity index (χ3v) is 4.06. The third kappa shape index (κ3) is 4.48. The largest absolute Gasteiger partial charge is 0.486 e. The number of rotatable bonds is 5. The monoisotopic (exact) mass is 349 g/mol. The molecule has 0 spiro atoms. The summed E-state index contributed by atoms with van der Waals surface area (Å²) in [6.07, 6.45) is -0.258. The van der Waals surface area contributed by atoms with E-state index in [0.717, 1.165) is 16.8 Å². The van der Waals surface area contributed by atoms with Crippen molar-refractivity contribution in [3.05, 3.63) is 95.3 Å². The van der Waals surface area contributed by atoms with Gasteiger partial charge in [0.05, 0.1) is 0 Å². The highest BCUT2D eigenvalue weighted by atomic mass is 19.1. The van der Waals surface area contributed by atoms with Gasteiger partial charge in [0.2, 0.25) is 0 Å². The number of carbonyl (C=O) groups excluding carboxylic acids is 1. The van der Waals surface area contributed by atoms with E-state index in [1.165, 1.54) is 12.1 Å². The van der Waals surface area contributed by atoms with Crippen molar-refractivity contribution in [2.45, 2.75) is 20.0 Å². The molecular weight excluding hydrogens is 329 g/mol. The summed E-state index contributed by atoms with van der Waals surface area (Å²) in [4.78, 5) is 12.4. The van der Waals surface area contributed by atoms with Crippen LogP contribution < -0.4 is 10.1 Å². The van der Waals surface area contributed by atoms with Gasteiger partial charge >= 0.3 is 0 Å². The van der Waals surface area contributed by atoms with Crippen molar-refractivity contribution < 1.29 is 13.9 Å². The summed E-state index contributed by atoms with van der Waals surface area (Å²) in [5.41, 5.74) is 3.25. The van der Waals surface area contributed by atoms with Crippen molar-refractivity contribution in [1.29, 1.82) is 0 Å². The molecular formula is C22H20FNO2. The molecule has 132 valence electrons. The van der Waals surface area contributed by atoms with E-state index < -0.39 is 0 Å². The average Bonchev–Trinajstić information content (AvgIpc) is 2.64. The first-order valence-electron chi connectivity index (χ1n) is 8.41. The molecule has 0 saturated carbocycles. The van der Waals surface area contributed by atoms with Gasteiger partial charge in [-0.15, -0.1) is 0 Å². The lowest BCUT2D eigenvalue weighted by atomic mass is 10.1. The number of carbonyl (C=O) groups is 1. The minimum atomic E-state index is -0.282. The molecule has 0 aliphatic carbocycles. The second-order valence-corrected chi connectivity index (χ2v) is 6.16. The van der Waals surface area contributed by atoms with Gasteiger partial charge < -0.3 is 10.1 Å². The van der Waals surface area contributed by atoms with Crippen molar-refractivity contribution >= 4 is 11.6 Å². The number of benzene rings is 3. The van der Waals surface area contributed by atoms with Crippen LogP contribution in [0.25, 0.3) is 0 Å². The molecule has 0 saturated heterocycles. The molecule has 0 aliphatic heterocycles. The molecule has 0 bridgehead atoms. The first-order valence-corrected chi connectivity index (χ1v) is 8.41. The Labute approximate surface area is 152 Å². The predicted octanol–water partition coefficient (Wildman–Crippen LogP) is 5.53. The van der Waals surface area contributed by atoms with Gasteiger partial charge in [0.25, 0.3) is 5.91 Å². The fourth-order valence-electron chi connectivity index (χ4n) is 2.56. The maximum atomic E-state index is 13.0. The maximum absolute atomic E-state index is 13.0. The lowest BCUT2D eigenvalue weighted by Gasteiger charge is -2.16. The number of halogens is 1. The van der Waals surface area contributed by atoms with E-state index in [9.17, 15) is 9.18 Å². The van der Waals surface area contributed by atoms with Crippen LogP contribution in [-0.2, 0) is 0 Å². The first kappa shape index (κ1) is 17.7. The van der Waals surface area contributed by atoms with E-state index in [4.69, 9.17) is 4.74 Å². The molecule has 0 aromatic heterocycles. The topological polar surface area (TPSA) is 38.3 Å². The number of ether oxygens (including phenoxy) is 1. The summed E-state index contributed by atoms with van der Waals surface area (Å²) < 4.78 is 18.9. The summed E-state index contributed by atoms with van der Waals surface area (Å²) in [6.45, 7) is 3.88. The van der Waals surface area contributed by atoms with Gasteiger partial charge in [0.1, 0.15) is 17.7 Å². The first-order chi connectivity index (χ1) is 12.5. The zero-order chi connectivity index (χ0) is 18.5. The zero-order valence-electron chi connectivity index (χ0n) is 14.7. The standard InChI is InChI=1S/C22H20FNO2/c1-15-6-12-20(13-7-15)24-22(25)18-4-3-5-21(14-18)26-16(2)17-8-10-19(23)11-9-17/h3-14,16H,1-2H3,(H,24,25). The molecule has 0 aliphatic rings. The van der Waals surface area contributed by atoms with Crippen LogP contribution >= 0.6 is 0 Å². The lowest BCUT2D eigenvalue weighted by Crippen LogP contribution is -2.12. The number of hydrogen-bond acceptors (Lipinski definition) is 2. The molecule has 0 fully saturated rings. The average molecular weight is 349 g/mol. The van der Waals surface area contributed by atoms with E-state index in [2.05, 4.69) is 5.32 Å². The molecule has 0 radical (unpaired) electrons. The van der Waals surface area contributed by atoms with Crippen LogP contribution in [0.5, 0.6) is 5.75 Å². The van der Waals surface area contributed by atoms with E-state index >= 15 is 0 Å².